The monoisotopic (exact) mass is 378 g/mol. The Balaban J connectivity index is 1.78. The summed E-state index contributed by atoms with van der Waals surface area (Å²) in [5, 5.41) is 5.12. The highest BCUT2D eigenvalue weighted by Crippen LogP contribution is 2.31. The van der Waals surface area contributed by atoms with E-state index in [-0.39, 0.29) is 5.91 Å². The Hall–Kier alpha value is -1.81. The molecule has 0 aliphatic heterocycles. The molecule has 2 aromatic carbocycles. The molecule has 0 saturated heterocycles. The van der Waals surface area contributed by atoms with E-state index in [2.05, 4.69) is 10.3 Å². The quantitative estimate of drug-likeness (QED) is 0.585. The lowest BCUT2D eigenvalue weighted by Crippen LogP contribution is -2.13. The molecule has 0 unspecified atom stereocenters. The van der Waals surface area contributed by atoms with Crippen LogP contribution in [0.5, 0.6) is 0 Å². The largest absolute Gasteiger partial charge is 0.324 e. The molecule has 0 atom stereocenters. The van der Waals surface area contributed by atoms with Crippen LogP contribution < -0.4 is 5.32 Å². The lowest BCUT2D eigenvalue weighted by atomic mass is 10.1. The highest BCUT2D eigenvalue weighted by molar-refractivity contribution is 6.35. The zero-order valence-corrected chi connectivity index (χ0v) is 14.8. The van der Waals surface area contributed by atoms with E-state index < -0.39 is 0 Å². The van der Waals surface area contributed by atoms with Crippen LogP contribution in [0, 0.1) is 0 Å². The lowest BCUT2D eigenvalue weighted by molar-refractivity contribution is -0.116. The van der Waals surface area contributed by atoms with Crippen LogP contribution in [0.1, 0.15) is 12.0 Å². The van der Waals surface area contributed by atoms with Crippen LogP contribution in [0.3, 0.4) is 0 Å². The molecule has 1 N–H and O–H groups in total. The molecule has 0 aliphatic carbocycles. The second-order valence-corrected chi connectivity index (χ2v) is 6.46. The third-order valence-corrected chi connectivity index (χ3v) is 4.52. The minimum absolute atomic E-state index is 0.140. The molecule has 1 amide bonds. The number of hydrogen-bond acceptors (Lipinski definition) is 2. The predicted molar refractivity (Wildman–Crippen MR) is 100 cm³/mol. The van der Waals surface area contributed by atoms with Gasteiger partial charge in [0.05, 0.1) is 16.2 Å². The highest BCUT2D eigenvalue weighted by atomic mass is 35.5. The summed E-state index contributed by atoms with van der Waals surface area (Å²) in [4.78, 5) is 16.5. The maximum atomic E-state index is 12.3. The van der Waals surface area contributed by atoms with E-state index in [0.29, 0.717) is 39.2 Å². The molecule has 0 fully saturated rings. The molecule has 0 spiro atoms. The third-order valence-electron chi connectivity index (χ3n) is 3.63. The van der Waals surface area contributed by atoms with Crippen molar-refractivity contribution in [3.63, 3.8) is 0 Å². The molecule has 1 heterocycles. The van der Waals surface area contributed by atoms with Crippen molar-refractivity contribution in [3.8, 4) is 0 Å². The van der Waals surface area contributed by atoms with E-state index in [1.807, 2.05) is 24.3 Å². The topological polar surface area (TPSA) is 42.0 Å². The molecule has 3 aromatic rings. The van der Waals surface area contributed by atoms with Gasteiger partial charge in [0.15, 0.2) is 0 Å². The van der Waals surface area contributed by atoms with Gasteiger partial charge in [0, 0.05) is 16.8 Å². The van der Waals surface area contributed by atoms with Gasteiger partial charge in [-0.2, -0.15) is 0 Å². The first-order chi connectivity index (χ1) is 11.5. The smallest absolute Gasteiger partial charge is 0.224 e. The molecule has 24 heavy (non-hydrogen) atoms. The van der Waals surface area contributed by atoms with Crippen molar-refractivity contribution in [3.05, 3.63) is 69.3 Å². The number of anilines is 1. The van der Waals surface area contributed by atoms with Crippen LogP contribution in [-0.2, 0) is 11.2 Å². The SMILES string of the molecule is O=C(CCc1ccccc1Cl)Nc1c(Cl)ccc2nc(Cl)ccc12. The molecule has 122 valence electrons. The number of halogens is 3. The molecule has 0 saturated carbocycles. The van der Waals surface area contributed by atoms with Gasteiger partial charge in [-0.1, -0.05) is 53.0 Å². The Labute approximate surface area is 154 Å². The van der Waals surface area contributed by atoms with Crippen molar-refractivity contribution in [2.24, 2.45) is 0 Å². The summed E-state index contributed by atoms with van der Waals surface area (Å²) in [7, 11) is 0. The summed E-state index contributed by atoms with van der Waals surface area (Å²) in [6.07, 6.45) is 0.857. The van der Waals surface area contributed by atoms with E-state index >= 15 is 0 Å². The summed E-state index contributed by atoms with van der Waals surface area (Å²) < 4.78 is 0. The van der Waals surface area contributed by atoms with E-state index in [1.54, 1.807) is 24.3 Å². The van der Waals surface area contributed by atoms with Gasteiger partial charge >= 0.3 is 0 Å². The summed E-state index contributed by atoms with van der Waals surface area (Å²) in [5.74, 6) is -0.140. The molecule has 3 nitrogen and oxygen atoms in total. The molecular weight excluding hydrogens is 367 g/mol. The minimum atomic E-state index is -0.140. The Morgan fingerprint density at radius 2 is 1.75 bits per heavy atom. The van der Waals surface area contributed by atoms with Crippen LogP contribution in [0.25, 0.3) is 10.9 Å². The fourth-order valence-corrected chi connectivity index (χ4v) is 3.03. The first-order valence-electron chi connectivity index (χ1n) is 7.32. The maximum Gasteiger partial charge on any atom is 0.224 e. The second-order valence-electron chi connectivity index (χ2n) is 5.26. The average molecular weight is 380 g/mol. The Kier molecular flexibility index (Phi) is 5.24. The van der Waals surface area contributed by atoms with E-state index in [1.165, 1.54) is 0 Å². The van der Waals surface area contributed by atoms with Gasteiger partial charge in [-0.25, -0.2) is 4.98 Å². The number of carbonyl (C=O) groups excluding carboxylic acids is 1. The molecule has 0 bridgehead atoms. The summed E-state index contributed by atoms with van der Waals surface area (Å²) in [6.45, 7) is 0. The number of amides is 1. The van der Waals surface area contributed by atoms with Gasteiger partial charge in [-0.05, 0) is 42.3 Å². The number of pyridine rings is 1. The first kappa shape index (κ1) is 17.0. The van der Waals surface area contributed by atoms with E-state index in [4.69, 9.17) is 34.8 Å². The average Bonchev–Trinajstić information content (AvgIpc) is 2.57. The number of rotatable bonds is 4. The Morgan fingerprint density at radius 1 is 0.958 bits per heavy atom. The van der Waals surface area contributed by atoms with Crippen molar-refractivity contribution < 1.29 is 4.79 Å². The van der Waals surface area contributed by atoms with Gasteiger partial charge in [0.25, 0.3) is 0 Å². The van der Waals surface area contributed by atoms with Gasteiger partial charge < -0.3 is 5.32 Å². The number of nitrogens with zero attached hydrogens (tertiary/aromatic N) is 1. The van der Waals surface area contributed by atoms with Crippen molar-refractivity contribution in [1.82, 2.24) is 4.98 Å². The van der Waals surface area contributed by atoms with E-state index in [9.17, 15) is 4.79 Å². The van der Waals surface area contributed by atoms with E-state index in [0.717, 1.165) is 10.9 Å². The number of fused-ring (bicyclic) bond motifs is 1. The molecule has 3 rings (SSSR count). The molecule has 1 aromatic heterocycles. The fourth-order valence-electron chi connectivity index (χ4n) is 2.43. The number of hydrogen-bond donors (Lipinski definition) is 1. The van der Waals surface area contributed by atoms with Crippen molar-refractivity contribution >= 4 is 57.3 Å². The van der Waals surface area contributed by atoms with Gasteiger partial charge in [0.1, 0.15) is 5.15 Å². The number of aryl methyl sites for hydroxylation is 1. The number of aromatic nitrogens is 1. The van der Waals surface area contributed by atoms with Crippen molar-refractivity contribution in [1.29, 1.82) is 0 Å². The number of benzene rings is 2. The molecular formula is C18H13Cl3N2O. The van der Waals surface area contributed by atoms with Crippen LogP contribution >= 0.6 is 34.8 Å². The molecule has 0 radical (unpaired) electrons. The Bertz CT molecular complexity index is 912. The summed E-state index contributed by atoms with van der Waals surface area (Å²) in [6, 6.07) is 14.4. The van der Waals surface area contributed by atoms with Crippen LogP contribution in [0.15, 0.2) is 48.5 Å². The van der Waals surface area contributed by atoms with Crippen LogP contribution in [0.4, 0.5) is 5.69 Å². The molecule has 6 heteroatoms. The maximum absolute atomic E-state index is 12.3. The summed E-state index contributed by atoms with van der Waals surface area (Å²) in [5.41, 5.74) is 2.16. The van der Waals surface area contributed by atoms with Crippen LogP contribution in [0.2, 0.25) is 15.2 Å². The summed E-state index contributed by atoms with van der Waals surface area (Å²) >= 11 is 18.3. The minimum Gasteiger partial charge on any atom is -0.324 e. The Morgan fingerprint density at radius 3 is 2.54 bits per heavy atom. The zero-order chi connectivity index (χ0) is 17.1. The predicted octanol–water partition coefficient (Wildman–Crippen LogP) is 5.77. The second kappa shape index (κ2) is 7.39. The number of carbonyl (C=O) groups is 1. The van der Waals surface area contributed by atoms with Crippen molar-refractivity contribution in [2.75, 3.05) is 5.32 Å². The van der Waals surface area contributed by atoms with Crippen molar-refractivity contribution in [2.45, 2.75) is 12.8 Å². The number of nitrogens with one attached hydrogen (secondary N) is 1. The third kappa shape index (κ3) is 3.81. The zero-order valence-electron chi connectivity index (χ0n) is 12.5. The van der Waals surface area contributed by atoms with Crippen LogP contribution in [-0.4, -0.2) is 10.9 Å². The van der Waals surface area contributed by atoms with Gasteiger partial charge in [-0.15, -0.1) is 0 Å². The standard InChI is InChI=1S/C18H13Cl3N2O/c19-13-4-2-1-3-11(13)5-10-17(24)23-18-12-6-9-16(21)22-15(12)8-7-14(18)20/h1-4,6-9H,5,10H2,(H,23,24). The highest BCUT2D eigenvalue weighted by Gasteiger charge is 2.12. The molecule has 0 aliphatic rings. The van der Waals surface area contributed by atoms with Gasteiger partial charge in [-0.3, -0.25) is 4.79 Å². The van der Waals surface area contributed by atoms with Gasteiger partial charge in [0.2, 0.25) is 5.91 Å². The fraction of sp³-hybridized carbons (Fsp3) is 0.111. The normalized spacial score (nSPS) is 10.8. The lowest BCUT2D eigenvalue weighted by Gasteiger charge is -2.11. The first-order valence-corrected chi connectivity index (χ1v) is 8.46.